The van der Waals surface area contributed by atoms with Gasteiger partial charge in [-0.2, -0.15) is 5.10 Å². The van der Waals surface area contributed by atoms with Gasteiger partial charge in [0.05, 0.1) is 23.0 Å². The van der Waals surface area contributed by atoms with Crippen molar-refractivity contribution in [2.24, 2.45) is 11.7 Å². The molecule has 3 rings (SSSR count). The molecule has 1 atom stereocenters. The molecule has 1 aromatic carbocycles. The lowest BCUT2D eigenvalue weighted by Crippen LogP contribution is -2.53. The Morgan fingerprint density at radius 1 is 1.43 bits per heavy atom. The standard InChI is InChI=1S/C16H19BrN4O.ClH/c1-16(10-18,12-2-3-12)20-15(22)11-8-19-21(9-11)14-6-4-13(17)5-7-14;/h4-9,12H,2-3,10,18H2,1H3,(H,20,22);1H. The van der Waals surface area contributed by atoms with Crippen LogP contribution >= 0.6 is 28.3 Å². The van der Waals surface area contributed by atoms with Crippen LogP contribution in [0.2, 0.25) is 0 Å². The first kappa shape index (κ1) is 18.0. The molecule has 0 spiro atoms. The summed E-state index contributed by atoms with van der Waals surface area (Å²) in [7, 11) is 0. The number of aromatic nitrogens is 2. The summed E-state index contributed by atoms with van der Waals surface area (Å²) in [6.07, 6.45) is 5.59. The molecule has 0 saturated heterocycles. The van der Waals surface area contributed by atoms with E-state index >= 15 is 0 Å². The Kier molecular flexibility index (Phi) is 5.49. The van der Waals surface area contributed by atoms with Gasteiger partial charge in [0.1, 0.15) is 0 Å². The maximum absolute atomic E-state index is 12.4. The molecule has 1 saturated carbocycles. The molecule has 1 unspecified atom stereocenters. The summed E-state index contributed by atoms with van der Waals surface area (Å²) in [6.45, 7) is 2.46. The van der Waals surface area contributed by atoms with E-state index in [9.17, 15) is 4.79 Å². The molecule has 5 nitrogen and oxygen atoms in total. The predicted octanol–water partition coefficient (Wildman–Crippen LogP) is 2.91. The molecule has 3 N–H and O–H groups in total. The molecular formula is C16H20BrClN4O. The van der Waals surface area contributed by atoms with Gasteiger partial charge in [0.25, 0.3) is 5.91 Å². The number of nitrogens with zero attached hydrogens (tertiary/aromatic N) is 2. The second-order valence-corrected chi connectivity index (χ2v) is 6.92. The highest BCUT2D eigenvalue weighted by Crippen LogP contribution is 2.39. The van der Waals surface area contributed by atoms with Crippen molar-refractivity contribution in [2.75, 3.05) is 6.54 Å². The summed E-state index contributed by atoms with van der Waals surface area (Å²) in [5, 5.41) is 7.33. The minimum atomic E-state index is -0.323. The molecule has 1 aromatic heterocycles. The molecule has 0 radical (unpaired) electrons. The Morgan fingerprint density at radius 2 is 2.09 bits per heavy atom. The molecule has 1 fully saturated rings. The number of halogens is 2. The molecule has 0 aliphatic heterocycles. The van der Waals surface area contributed by atoms with E-state index in [2.05, 4.69) is 26.3 Å². The van der Waals surface area contributed by atoms with Crippen molar-refractivity contribution in [3.63, 3.8) is 0 Å². The van der Waals surface area contributed by atoms with Gasteiger partial charge >= 0.3 is 0 Å². The van der Waals surface area contributed by atoms with Crippen LogP contribution in [-0.2, 0) is 0 Å². The van der Waals surface area contributed by atoms with Crippen LogP contribution in [-0.4, -0.2) is 27.8 Å². The molecule has 124 valence electrons. The van der Waals surface area contributed by atoms with Crippen LogP contribution in [0.1, 0.15) is 30.1 Å². The number of carbonyl (C=O) groups excluding carboxylic acids is 1. The molecule has 0 bridgehead atoms. The molecular weight excluding hydrogens is 380 g/mol. The summed E-state index contributed by atoms with van der Waals surface area (Å²) in [5.74, 6) is 0.367. The molecule has 2 aromatic rings. The van der Waals surface area contributed by atoms with Crippen molar-refractivity contribution in [1.82, 2.24) is 15.1 Å². The second-order valence-electron chi connectivity index (χ2n) is 6.00. The lowest BCUT2D eigenvalue weighted by atomic mass is 9.95. The van der Waals surface area contributed by atoms with Gasteiger partial charge < -0.3 is 11.1 Å². The van der Waals surface area contributed by atoms with Crippen LogP contribution in [0.3, 0.4) is 0 Å². The number of nitrogens with two attached hydrogens (primary N) is 1. The summed E-state index contributed by atoms with van der Waals surface area (Å²) in [4.78, 5) is 12.4. The molecule has 7 heteroatoms. The quantitative estimate of drug-likeness (QED) is 0.812. The summed E-state index contributed by atoms with van der Waals surface area (Å²) >= 11 is 3.40. The largest absolute Gasteiger partial charge is 0.345 e. The van der Waals surface area contributed by atoms with Gasteiger partial charge in [-0.05, 0) is 49.9 Å². The van der Waals surface area contributed by atoms with Gasteiger partial charge in [-0.25, -0.2) is 4.68 Å². The fraction of sp³-hybridized carbons (Fsp3) is 0.375. The van der Waals surface area contributed by atoms with E-state index in [0.717, 1.165) is 23.0 Å². The highest BCUT2D eigenvalue weighted by molar-refractivity contribution is 9.10. The number of benzene rings is 1. The highest BCUT2D eigenvalue weighted by Gasteiger charge is 2.41. The van der Waals surface area contributed by atoms with Crippen LogP contribution in [0.4, 0.5) is 0 Å². The minimum absolute atomic E-state index is 0. The van der Waals surface area contributed by atoms with Gasteiger partial charge in [-0.1, -0.05) is 15.9 Å². The van der Waals surface area contributed by atoms with E-state index in [1.165, 1.54) is 0 Å². The van der Waals surface area contributed by atoms with E-state index in [1.807, 2.05) is 31.2 Å². The normalized spacial score (nSPS) is 16.3. The van der Waals surface area contributed by atoms with Gasteiger partial charge in [0, 0.05) is 17.2 Å². The van der Waals surface area contributed by atoms with Crippen molar-refractivity contribution >= 4 is 34.2 Å². The number of hydrogen-bond donors (Lipinski definition) is 2. The van der Waals surface area contributed by atoms with Crippen LogP contribution in [0, 0.1) is 5.92 Å². The smallest absolute Gasteiger partial charge is 0.254 e. The monoisotopic (exact) mass is 398 g/mol. The van der Waals surface area contributed by atoms with Crippen molar-refractivity contribution in [1.29, 1.82) is 0 Å². The molecule has 23 heavy (non-hydrogen) atoms. The van der Waals surface area contributed by atoms with Crippen molar-refractivity contribution in [3.8, 4) is 5.69 Å². The van der Waals surface area contributed by atoms with Gasteiger partial charge in [0.2, 0.25) is 0 Å². The predicted molar refractivity (Wildman–Crippen MR) is 96.2 cm³/mol. The zero-order valence-electron chi connectivity index (χ0n) is 12.8. The summed E-state index contributed by atoms with van der Waals surface area (Å²) in [6, 6.07) is 7.75. The fourth-order valence-corrected chi connectivity index (χ4v) is 2.81. The van der Waals surface area contributed by atoms with Crippen molar-refractivity contribution in [3.05, 3.63) is 46.7 Å². The zero-order chi connectivity index (χ0) is 15.7. The first-order chi connectivity index (χ1) is 10.5. The topological polar surface area (TPSA) is 72.9 Å². The maximum atomic E-state index is 12.4. The SMILES string of the molecule is CC(CN)(NC(=O)c1cnn(-c2ccc(Br)cc2)c1)C1CC1.Cl. The fourth-order valence-electron chi connectivity index (χ4n) is 2.55. The molecule has 1 aliphatic rings. The Morgan fingerprint density at radius 3 is 2.65 bits per heavy atom. The van der Waals surface area contributed by atoms with Crippen molar-refractivity contribution in [2.45, 2.75) is 25.3 Å². The maximum Gasteiger partial charge on any atom is 0.254 e. The number of carbonyl (C=O) groups is 1. The summed E-state index contributed by atoms with van der Waals surface area (Å²) in [5.41, 5.74) is 6.98. The van der Waals surface area contributed by atoms with Gasteiger partial charge in [-0.3, -0.25) is 4.79 Å². The third kappa shape index (κ3) is 3.94. The number of rotatable bonds is 5. The third-order valence-electron chi connectivity index (χ3n) is 4.24. The Labute approximate surface area is 150 Å². The first-order valence-electron chi connectivity index (χ1n) is 7.35. The van der Waals surface area contributed by atoms with E-state index < -0.39 is 0 Å². The molecule has 1 amide bonds. The zero-order valence-corrected chi connectivity index (χ0v) is 15.2. The van der Waals surface area contributed by atoms with Crippen LogP contribution in [0.25, 0.3) is 5.69 Å². The average Bonchev–Trinajstić information content (AvgIpc) is 3.26. The summed E-state index contributed by atoms with van der Waals surface area (Å²) < 4.78 is 2.70. The number of hydrogen-bond acceptors (Lipinski definition) is 3. The second kappa shape index (κ2) is 7.03. The molecule has 1 heterocycles. The average molecular weight is 400 g/mol. The number of amides is 1. The van der Waals surface area contributed by atoms with E-state index in [4.69, 9.17) is 5.73 Å². The van der Waals surface area contributed by atoms with E-state index in [1.54, 1.807) is 17.1 Å². The number of nitrogens with one attached hydrogen (secondary N) is 1. The van der Waals surface area contributed by atoms with Gasteiger partial charge in [-0.15, -0.1) is 12.4 Å². The Hall–Kier alpha value is -1.37. The van der Waals surface area contributed by atoms with Crippen LogP contribution in [0.5, 0.6) is 0 Å². The Bertz CT molecular complexity index is 684. The van der Waals surface area contributed by atoms with Crippen molar-refractivity contribution < 1.29 is 4.79 Å². The van der Waals surface area contributed by atoms with Gasteiger partial charge in [0.15, 0.2) is 0 Å². The Balaban J connectivity index is 0.00000192. The third-order valence-corrected chi connectivity index (χ3v) is 4.77. The molecule has 1 aliphatic carbocycles. The lowest BCUT2D eigenvalue weighted by molar-refractivity contribution is 0.0898. The lowest BCUT2D eigenvalue weighted by Gasteiger charge is -2.29. The first-order valence-corrected chi connectivity index (χ1v) is 8.14. The highest BCUT2D eigenvalue weighted by atomic mass is 79.9. The van der Waals surface area contributed by atoms with Crippen LogP contribution in [0.15, 0.2) is 41.1 Å². The van der Waals surface area contributed by atoms with E-state index in [-0.39, 0.29) is 23.9 Å². The minimum Gasteiger partial charge on any atom is -0.345 e. The van der Waals surface area contributed by atoms with Crippen LogP contribution < -0.4 is 11.1 Å². The van der Waals surface area contributed by atoms with E-state index in [0.29, 0.717) is 18.0 Å².